The first-order valence-electron chi connectivity index (χ1n) is 10.8. The molecular weight excluding hydrogens is 432 g/mol. The largest absolute Gasteiger partial charge is 0.496 e. The summed E-state index contributed by atoms with van der Waals surface area (Å²) in [5.41, 5.74) is 8.64. The molecule has 9 heteroatoms. The molecule has 6 N–H and O–H groups in total. The maximum absolute atomic E-state index is 12.5. The van der Waals surface area contributed by atoms with Crippen molar-refractivity contribution in [3.8, 4) is 5.75 Å². The van der Waals surface area contributed by atoms with Crippen LogP contribution in [0.4, 0.5) is 11.6 Å². The molecule has 0 fully saturated rings. The van der Waals surface area contributed by atoms with Gasteiger partial charge in [-0.15, -0.1) is 0 Å². The molecule has 1 amide bonds. The van der Waals surface area contributed by atoms with Gasteiger partial charge in [0.25, 0.3) is 5.91 Å². The molecule has 2 aromatic carbocycles. The number of nitrogen functional groups attached to an aromatic ring is 1. The number of hydrogen-bond donors (Lipinski definition) is 5. The number of benzene rings is 2. The summed E-state index contributed by atoms with van der Waals surface area (Å²) in [6.45, 7) is 0.324. The molecule has 1 aliphatic rings. The average Bonchev–Trinajstić information content (AvgIpc) is 3.27. The van der Waals surface area contributed by atoms with E-state index in [4.69, 9.17) is 15.9 Å². The third-order valence-electron chi connectivity index (χ3n) is 5.56. The third kappa shape index (κ3) is 5.05. The summed E-state index contributed by atoms with van der Waals surface area (Å²) in [4.78, 5) is 20.8. The summed E-state index contributed by atoms with van der Waals surface area (Å²) in [7, 11) is 1.53. The van der Waals surface area contributed by atoms with E-state index in [1.165, 1.54) is 13.4 Å². The number of carbonyl (C=O) groups excluding carboxylic acids is 1. The van der Waals surface area contributed by atoms with Crippen molar-refractivity contribution in [3.05, 3.63) is 89.3 Å². The second-order valence-electron chi connectivity index (χ2n) is 7.88. The summed E-state index contributed by atoms with van der Waals surface area (Å²) in [5.74, 6) is 0.913. The van der Waals surface area contributed by atoms with Gasteiger partial charge in [0.15, 0.2) is 0 Å². The Bertz CT molecular complexity index is 1230. The van der Waals surface area contributed by atoms with Gasteiger partial charge in [-0.05, 0) is 17.7 Å². The quantitative estimate of drug-likeness (QED) is 0.257. The fraction of sp³-hybridized carbons (Fsp3) is 0.200. The van der Waals surface area contributed by atoms with Crippen molar-refractivity contribution in [3.63, 3.8) is 0 Å². The Morgan fingerprint density at radius 3 is 2.65 bits per heavy atom. The molecule has 9 nitrogen and oxygen atoms in total. The van der Waals surface area contributed by atoms with Crippen LogP contribution in [0.5, 0.6) is 5.75 Å². The lowest BCUT2D eigenvalue weighted by Crippen LogP contribution is -2.23. The number of aliphatic hydroxyl groups excluding tert-OH is 1. The van der Waals surface area contributed by atoms with Gasteiger partial charge in [-0.25, -0.2) is 9.97 Å². The van der Waals surface area contributed by atoms with Crippen LogP contribution < -0.4 is 21.1 Å². The van der Waals surface area contributed by atoms with Crippen LogP contribution in [0.3, 0.4) is 0 Å². The van der Waals surface area contributed by atoms with Crippen molar-refractivity contribution in [2.24, 2.45) is 0 Å². The molecule has 0 bridgehead atoms. The summed E-state index contributed by atoms with van der Waals surface area (Å²) in [6, 6.07) is 14.2. The first-order chi connectivity index (χ1) is 16.5. The predicted molar refractivity (Wildman–Crippen MR) is 130 cm³/mol. The SMILES string of the molecule is COc1ccccc1C(=O)NCc1ccc(C(=N)c2c(N)ncnc2NC2C=CC(O)C2)cc1. The zero-order valence-electron chi connectivity index (χ0n) is 18.7. The number of amides is 1. The number of hydrogen-bond acceptors (Lipinski definition) is 8. The second-order valence-corrected chi connectivity index (χ2v) is 7.88. The predicted octanol–water partition coefficient (Wildman–Crippen LogP) is 2.51. The molecule has 3 aromatic rings. The first kappa shape index (κ1) is 22.9. The fourth-order valence-corrected chi connectivity index (χ4v) is 3.76. The molecule has 2 unspecified atom stereocenters. The highest BCUT2D eigenvalue weighted by Crippen LogP contribution is 2.25. The topological polar surface area (TPSA) is 146 Å². The summed E-state index contributed by atoms with van der Waals surface area (Å²) >= 11 is 0. The van der Waals surface area contributed by atoms with Gasteiger partial charge in [0, 0.05) is 24.6 Å². The maximum atomic E-state index is 12.5. The number of nitrogens with two attached hydrogens (primary N) is 1. The van der Waals surface area contributed by atoms with Gasteiger partial charge < -0.3 is 26.2 Å². The van der Waals surface area contributed by atoms with Crippen LogP contribution in [0.15, 0.2) is 67.0 Å². The number of anilines is 2. The number of carbonyl (C=O) groups is 1. The Kier molecular flexibility index (Phi) is 6.84. The van der Waals surface area contributed by atoms with Gasteiger partial charge in [0.1, 0.15) is 23.7 Å². The van der Waals surface area contributed by atoms with Gasteiger partial charge in [-0.1, -0.05) is 48.6 Å². The van der Waals surface area contributed by atoms with E-state index in [-0.39, 0.29) is 23.5 Å². The summed E-state index contributed by atoms with van der Waals surface area (Å²) in [5, 5.41) is 24.5. The van der Waals surface area contributed by atoms with Crippen LogP contribution in [0.1, 0.15) is 33.5 Å². The van der Waals surface area contributed by atoms with Crippen molar-refractivity contribution >= 4 is 23.3 Å². The molecule has 1 heterocycles. The van der Waals surface area contributed by atoms with Crippen molar-refractivity contribution in [1.82, 2.24) is 15.3 Å². The zero-order chi connectivity index (χ0) is 24.1. The van der Waals surface area contributed by atoms with E-state index < -0.39 is 6.10 Å². The highest BCUT2D eigenvalue weighted by Gasteiger charge is 2.21. The van der Waals surface area contributed by atoms with E-state index in [0.29, 0.717) is 41.2 Å². The molecular formula is C25H26N6O3. The molecule has 1 aliphatic carbocycles. The average molecular weight is 459 g/mol. The van der Waals surface area contributed by atoms with Crippen LogP contribution in [-0.2, 0) is 6.54 Å². The van der Waals surface area contributed by atoms with Crippen LogP contribution in [-0.4, -0.2) is 45.9 Å². The highest BCUT2D eigenvalue weighted by atomic mass is 16.5. The van der Waals surface area contributed by atoms with Gasteiger partial charge in [0.05, 0.1) is 30.1 Å². The Morgan fingerprint density at radius 1 is 1.18 bits per heavy atom. The van der Waals surface area contributed by atoms with E-state index in [1.54, 1.807) is 36.4 Å². The number of methoxy groups -OCH3 is 1. The minimum atomic E-state index is -0.504. The Hall–Kier alpha value is -4.24. The zero-order valence-corrected chi connectivity index (χ0v) is 18.7. The van der Waals surface area contributed by atoms with Gasteiger partial charge >= 0.3 is 0 Å². The second kappa shape index (κ2) is 10.1. The molecule has 1 aromatic heterocycles. The van der Waals surface area contributed by atoms with E-state index in [0.717, 1.165) is 5.56 Å². The number of nitrogens with one attached hydrogen (secondary N) is 3. The minimum absolute atomic E-state index is 0.106. The maximum Gasteiger partial charge on any atom is 0.255 e. The third-order valence-corrected chi connectivity index (χ3v) is 5.56. The Morgan fingerprint density at radius 2 is 1.94 bits per heavy atom. The van der Waals surface area contributed by atoms with Crippen LogP contribution in [0.2, 0.25) is 0 Å². The molecule has 34 heavy (non-hydrogen) atoms. The lowest BCUT2D eigenvalue weighted by Gasteiger charge is -2.17. The number of nitrogens with zero attached hydrogens (tertiary/aromatic N) is 2. The molecule has 2 atom stereocenters. The van der Waals surface area contributed by atoms with E-state index in [1.807, 2.05) is 24.3 Å². The van der Waals surface area contributed by atoms with Crippen LogP contribution >= 0.6 is 0 Å². The molecule has 0 radical (unpaired) electrons. The van der Waals surface area contributed by atoms with Crippen molar-refractivity contribution in [2.45, 2.75) is 25.1 Å². The van der Waals surface area contributed by atoms with E-state index >= 15 is 0 Å². The van der Waals surface area contributed by atoms with Crippen molar-refractivity contribution < 1.29 is 14.6 Å². The molecule has 0 spiro atoms. The Labute approximate surface area is 197 Å². The number of para-hydroxylation sites is 1. The molecule has 174 valence electrons. The first-order valence-corrected chi connectivity index (χ1v) is 10.8. The van der Waals surface area contributed by atoms with Gasteiger partial charge in [-0.2, -0.15) is 0 Å². The number of aromatic nitrogens is 2. The number of aliphatic hydroxyl groups is 1. The molecule has 0 saturated carbocycles. The minimum Gasteiger partial charge on any atom is -0.496 e. The van der Waals surface area contributed by atoms with Gasteiger partial charge in [0.2, 0.25) is 0 Å². The number of ether oxygens (including phenoxy) is 1. The van der Waals surface area contributed by atoms with Gasteiger partial charge in [-0.3, -0.25) is 10.2 Å². The molecule has 0 aliphatic heterocycles. The Balaban J connectivity index is 1.45. The monoisotopic (exact) mass is 458 g/mol. The standard InChI is InChI=1S/C25H26N6O3/c1-34-20-5-3-2-4-19(20)25(33)28-13-15-6-8-16(9-7-15)22(26)21-23(27)29-14-30-24(21)31-17-10-11-18(32)12-17/h2-11,14,17-18,26,32H,12-13H2,1H3,(H,28,33)(H3,27,29,30,31). The summed E-state index contributed by atoms with van der Waals surface area (Å²) in [6.07, 6.45) is 4.95. The summed E-state index contributed by atoms with van der Waals surface area (Å²) < 4.78 is 5.24. The normalized spacial score (nSPS) is 16.8. The smallest absolute Gasteiger partial charge is 0.255 e. The molecule has 0 saturated heterocycles. The van der Waals surface area contributed by atoms with E-state index in [9.17, 15) is 9.90 Å². The highest BCUT2D eigenvalue weighted by molar-refractivity contribution is 6.16. The number of rotatable bonds is 8. The lowest BCUT2D eigenvalue weighted by atomic mass is 10.0. The van der Waals surface area contributed by atoms with Crippen LogP contribution in [0.25, 0.3) is 0 Å². The lowest BCUT2D eigenvalue weighted by molar-refractivity contribution is 0.0948. The van der Waals surface area contributed by atoms with Crippen LogP contribution in [0, 0.1) is 5.41 Å². The molecule has 4 rings (SSSR count). The van der Waals surface area contributed by atoms with E-state index in [2.05, 4.69) is 20.6 Å². The fourth-order valence-electron chi connectivity index (χ4n) is 3.76. The van der Waals surface area contributed by atoms with Crippen molar-refractivity contribution in [2.75, 3.05) is 18.2 Å². The van der Waals surface area contributed by atoms with Crippen molar-refractivity contribution in [1.29, 1.82) is 5.41 Å².